The van der Waals surface area contributed by atoms with Crippen LogP contribution in [0.4, 0.5) is 4.39 Å². The Morgan fingerprint density at radius 2 is 2.14 bits per heavy atom. The molecule has 0 amide bonds. The van der Waals surface area contributed by atoms with Crippen LogP contribution in [0, 0.1) is 12.7 Å². The minimum atomic E-state index is -0.144. The molecule has 1 aliphatic rings. The maximum absolute atomic E-state index is 13.5. The summed E-state index contributed by atoms with van der Waals surface area (Å²) in [5.41, 5.74) is 2.32. The first kappa shape index (κ1) is 16.4. The van der Waals surface area contributed by atoms with Crippen molar-refractivity contribution in [3.63, 3.8) is 0 Å². The highest BCUT2D eigenvalue weighted by Gasteiger charge is 2.38. The summed E-state index contributed by atoms with van der Waals surface area (Å²) in [5.74, 6) is -0.144. The van der Waals surface area contributed by atoms with Gasteiger partial charge in [-0.05, 0) is 75.3 Å². The second-order valence-corrected chi connectivity index (χ2v) is 6.37. The standard InChI is InChI=1S/C18H28FNO/c1-4-10-20-17(13-18(21-3)8-5-9-18)12-15-11-16(19)7-6-14(15)2/h6-7,11,17,20H,4-5,8-10,12-13H2,1-3H3. The maximum Gasteiger partial charge on any atom is 0.123 e. The van der Waals surface area contributed by atoms with Crippen LogP contribution in [0.3, 0.4) is 0 Å². The molecule has 2 nitrogen and oxygen atoms in total. The summed E-state index contributed by atoms with van der Waals surface area (Å²) in [4.78, 5) is 0. The molecule has 21 heavy (non-hydrogen) atoms. The molecule has 1 saturated carbocycles. The molecule has 0 aliphatic heterocycles. The highest BCUT2D eigenvalue weighted by molar-refractivity contribution is 5.27. The fourth-order valence-electron chi connectivity index (χ4n) is 3.20. The fraction of sp³-hybridized carbons (Fsp3) is 0.667. The molecule has 1 aromatic carbocycles. The Kier molecular flexibility index (Phi) is 5.77. The van der Waals surface area contributed by atoms with Crippen molar-refractivity contribution in [2.45, 2.75) is 64.0 Å². The third-order valence-corrected chi connectivity index (χ3v) is 4.78. The predicted molar refractivity (Wildman–Crippen MR) is 85.1 cm³/mol. The van der Waals surface area contributed by atoms with E-state index in [1.165, 1.54) is 18.1 Å². The number of ether oxygens (including phenoxy) is 1. The molecule has 1 aliphatic carbocycles. The Hall–Kier alpha value is -0.930. The van der Waals surface area contributed by atoms with Gasteiger partial charge in [-0.25, -0.2) is 4.39 Å². The fourth-order valence-corrected chi connectivity index (χ4v) is 3.20. The van der Waals surface area contributed by atoms with Crippen molar-refractivity contribution in [1.82, 2.24) is 5.32 Å². The summed E-state index contributed by atoms with van der Waals surface area (Å²) in [5, 5.41) is 3.62. The van der Waals surface area contributed by atoms with Gasteiger partial charge >= 0.3 is 0 Å². The van der Waals surface area contributed by atoms with E-state index in [0.29, 0.717) is 6.04 Å². The Morgan fingerprint density at radius 3 is 2.71 bits per heavy atom. The molecule has 0 saturated heterocycles. The molecule has 118 valence electrons. The van der Waals surface area contributed by atoms with Gasteiger partial charge in [-0.15, -0.1) is 0 Å². The number of rotatable bonds is 8. The lowest BCUT2D eigenvalue weighted by atomic mass is 9.74. The largest absolute Gasteiger partial charge is 0.378 e. The smallest absolute Gasteiger partial charge is 0.123 e. The van der Waals surface area contributed by atoms with Crippen LogP contribution in [0.5, 0.6) is 0 Å². The molecule has 1 unspecified atom stereocenters. The summed E-state index contributed by atoms with van der Waals surface area (Å²) in [6, 6.07) is 5.44. The lowest BCUT2D eigenvalue weighted by Crippen LogP contribution is -2.46. The van der Waals surface area contributed by atoms with Gasteiger partial charge in [0.2, 0.25) is 0 Å². The Morgan fingerprint density at radius 1 is 1.38 bits per heavy atom. The molecule has 1 atom stereocenters. The number of halogens is 1. The number of benzene rings is 1. The highest BCUT2D eigenvalue weighted by atomic mass is 19.1. The van der Waals surface area contributed by atoms with Crippen molar-refractivity contribution in [2.24, 2.45) is 0 Å². The normalized spacial score (nSPS) is 18.3. The van der Waals surface area contributed by atoms with Crippen molar-refractivity contribution in [2.75, 3.05) is 13.7 Å². The lowest BCUT2D eigenvalue weighted by molar-refractivity contribution is -0.0834. The highest BCUT2D eigenvalue weighted by Crippen LogP contribution is 2.39. The van der Waals surface area contributed by atoms with Gasteiger partial charge in [-0.1, -0.05) is 13.0 Å². The van der Waals surface area contributed by atoms with Gasteiger partial charge in [0.25, 0.3) is 0 Å². The molecule has 0 bridgehead atoms. The van der Waals surface area contributed by atoms with E-state index in [4.69, 9.17) is 4.74 Å². The molecule has 0 heterocycles. The molecule has 0 spiro atoms. The first-order valence-electron chi connectivity index (χ1n) is 8.12. The van der Waals surface area contributed by atoms with Gasteiger partial charge in [0, 0.05) is 13.2 Å². The van der Waals surface area contributed by atoms with Gasteiger partial charge in [0.1, 0.15) is 5.82 Å². The van der Waals surface area contributed by atoms with Crippen LogP contribution >= 0.6 is 0 Å². The minimum Gasteiger partial charge on any atom is -0.378 e. The van der Waals surface area contributed by atoms with E-state index in [0.717, 1.165) is 44.2 Å². The first-order chi connectivity index (χ1) is 10.1. The number of hydrogen-bond donors (Lipinski definition) is 1. The molecule has 3 heteroatoms. The van der Waals surface area contributed by atoms with Crippen LogP contribution in [0.1, 0.15) is 50.2 Å². The van der Waals surface area contributed by atoms with Crippen LogP contribution in [0.15, 0.2) is 18.2 Å². The molecule has 1 fully saturated rings. The van der Waals surface area contributed by atoms with Crippen LogP contribution < -0.4 is 5.32 Å². The Labute approximate surface area is 128 Å². The van der Waals surface area contributed by atoms with Gasteiger partial charge in [-0.3, -0.25) is 0 Å². The maximum atomic E-state index is 13.5. The Balaban J connectivity index is 2.06. The van der Waals surface area contributed by atoms with Crippen LogP contribution in [0.2, 0.25) is 0 Å². The van der Waals surface area contributed by atoms with E-state index >= 15 is 0 Å². The zero-order valence-corrected chi connectivity index (χ0v) is 13.5. The van der Waals surface area contributed by atoms with Crippen molar-refractivity contribution < 1.29 is 9.13 Å². The summed E-state index contributed by atoms with van der Waals surface area (Å²) in [6.07, 6.45) is 6.55. The van der Waals surface area contributed by atoms with E-state index in [1.807, 2.05) is 13.2 Å². The predicted octanol–water partition coefficient (Wildman–Crippen LogP) is 4.00. The van der Waals surface area contributed by atoms with Crippen molar-refractivity contribution >= 4 is 0 Å². The minimum absolute atomic E-state index is 0.0483. The SMILES string of the molecule is CCCNC(Cc1cc(F)ccc1C)CC1(OC)CCC1. The van der Waals surface area contributed by atoms with Gasteiger partial charge in [0.15, 0.2) is 0 Å². The van der Waals surface area contributed by atoms with Crippen molar-refractivity contribution in [3.8, 4) is 0 Å². The molecule has 1 aromatic rings. The van der Waals surface area contributed by atoms with Gasteiger partial charge < -0.3 is 10.1 Å². The Bertz CT molecular complexity index is 451. The quantitative estimate of drug-likeness (QED) is 0.782. The summed E-state index contributed by atoms with van der Waals surface area (Å²) >= 11 is 0. The first-order valence-corrected chi connectivity index (χ1v) is 8.12. The van der Waals surface area contributed by atoms with E-state index in [1.54, 1.807) is 6.07 Å². The van der Waals surface area contributed by atoms with Crippen molar-refractivity contribution in [3.05, 3.63) is 35.1 Å². The average Bonchev–Trinajstić information content (AvgIpc) is 2.43. The molecule has 0 aromatic heterocycles. The van der Waals surface area contributed by atoms with Gasteiger partial charge in [0.05, 0.1) is 5.60 Å². The number of nitrogens with one attached hydrogen (secondary N) is 1. The van der Waals surface area contributed by atoms with E-state index < -0.39 is 0 Å². The average molecular weight is 293 g/mol. The number of methoxy groups -OCH3 is 1. The van der Waals surface area contributed by atoms with Gasteiger partial charge in [-0.2, -0.15) is 0 Å². The third-order valence-electron chi connectivity index (χ3n) is 4.78. The molecular formula is C18H28FNO. The summed E-state index contributed by atoms with van der Waals surface area (Å²) < 4.78 is 19.2. The van der Waals surface area contributed by atoms with E-state index in [2.05, 4.69) is 19.2 Å². The summed E-state index contributed by atoms with van der Waals surface area (Å²) in [6.45, 7) is 5.23. The summed E-state index contributed by atoms with van der Waals surface area (Å²) in [7, 11) is 1.82. The topological polar surface area (TPSA) is 21.3 Å². The second kappa shape index (κ2) is 7.37. The molecule has 1 N–H and O–H groups in total. The molecular weight excluding hydrogens is 265 g/mol. The lowest BCUT2D eigenvalue weighted by Gasteiger charge is -2.43. The van der Waals surface area contributed by atoms with Crippen molar-refractivity contribution in [1.29, 1.82) is 0 Å². The van der Waals surface area contributed by atoms with Crippen LogP contribution in [0.25, 0.3) is 0 Å². The number of aryl methyl sites for hydroxylation is 1. The monoisotopic (exact) mass is 293 g/mol. The molecule has 2 rings (SSSR count). The third kappa shape index (κ3) is 4.27. The number of hydrogen-bond acceptors (Lipinski definition) is 2. The van der Waals surface area contributed by atoms with E-state index in [9.17, 15) is 4.39 Å². The van der Waals surface area contributed by atoms with Crippen LogP contribution in [-0.2, 0) is 11.2 Å². The second-order valence-electron chi connectivity index (χ2n) is 6.37. The van der Waals surface area contributed by atoms with Crippen LogP contribution in [-0.4, -0.2) is 25.3 Å². The van der Waals surface area contributed by atoms with E-state index in [-0.39, 0.29) is 11.4 Å². The molecule has 0 radical (unpaired) electrons. The zero-order valence-electron chi connectivity index (χ0n) is 13.5. The zero-order chi connectivity index (χ0) is 15.3.